The van der Waals surface area contributed by atoms with Crippen molar-refractivity contribution in [2.24, 2.45) is 5.92 Å². The smallest absolute Gasteiger partial charge is 0.196 e. The van der Waals surface area contributed by atoms with Gasteiger partial charge in [0.15, 0.2) is 11.5 Å². The number of anilines is 3. The zero-order valence-electron chi connectivity index (χ0n) is 20.2. The van der Waals surface area contributed by atoms with E-state index in [1.807, 2.05) is 24.3 Å². The number of nitrogens with one attached hydrogen (secondary N) is 1. The summed E-state index contributed by atoms with van der Waals surface area (Å²) in [5.74, 6) is 1.32. The van der Waals surface area contributed by atoms with Crippen LogP contribution in [0, 0.1) is 26.7 Å². The Hall–Kier alpha value is -3.60. The van der Waals surface area contributed by atoms with Gasteiger partial charge in [0.25, 0.3) is 0 Å². The lowest BCUT2D eigenvalue weighted by Crippen LogP contribution is -2.34. The largest absolute Gasteiger partial charge is 0.369 e. The van der Waals surface area contributed by atoms with Crippen LogP contribution in [0.25, 0.3) is 22.2 Å². The van der Waals surface area contributed by atoms with E-state index < -0.39 is 0 Å². The molecule has 1 aromatic heterocycles. The fraction of sp³-hybridized carbons (Fsp3) is 0.310. The van der Waals surface area contributed by atoms with Crippen LogP contribution >= 0.6 is 0 Å². The highest BCUT2D eigenvalue weighted by Crippen LogP contribution is 2.47. The molecule has 172 valence electrons. The molecule has 34 heavy (non-hydrogen) atoms. The van der Waals surface area contributed by atoms with Gasteiger partial charge in [-0.3, -0.25) is 4.79 Å². The summed E-state index contributed by atoms with van der Waals surface area (Å²) < 4.78 is 5.94. The van der Waals surface area contributed by atoms with Gasteiger partial charge in [0.05, 0.1) is 22.3 Å². The molecule has 1 aliphatic heterocycles. The summed E-state index contributed by atoms with van der Waals surface area (Å²) in [5.41, 5.74) is 9.36. The first-order chi connectivity index (χ1) is 16.4. The monoisotopic (exact) mass is 451 g/mol. The summed E-state index contributed by atoms with van der Waals surface area (Å²) in [7, 11) is 0. The second-order valence-corrected chi connectivity index (χ2v) is 10.0. The minimum Gasteiger partial charge on any atom is -0.369 e. The molecule has 1 saturated heterocycles. The third-order valence-electron chi connectivity index (χ3n) is 7.31. The van der Waals surface area contributed by atoms with Crippen LogP contribution in [0.5, 0.6) is 0 Å². The Balaban J connectivity index is 1.62. The van der Waals surface area contributed by atoms with Crippen molar-refractivity contribution in [3.8, 4) is 11.3 Å². The average molecular weight is 452 g/mol. The highest BCUT2D eigenvalue weighted by molar-refractivity contribution is 6.28. The number of ketones is 1. The Morgan fingerprint density at radius 2 is 1.79 bits per heavy atom. The van der Waals surface area contributed by atoms with E-state index in [-0.39, 0.29) is 5.78 Å². The number of piperidine rings is 1. The van der Waals surface area contributed by atoms with Crippen LogP contribution in [0.1, 0.15) is 52.4 Å². The third-order valence-corrected chi connectivity index (χ3v) is 7.31. The predicted octanol–water partition coefficient (Wildman–Crippen LogP) is 6.94. The normalized spacial score (nSPS) is 17.2. The second-order valence-electron chi connectivity index (χ2n) is 10.0. The number of nitrogens with zero attached hydrogens (tertiary/aromatic N) is 2. The number of benzene rings is 3. The predicted molar refractivity (Wildman–Crippen MR) is 137 cm³/mol. The van der Waals surface area contributed by atoms with E-state index in [1.165, 1.54) is 12.0 Å². The number of fused-ring (bicyclic) bond motifs is 2. The molecule has 0 bridgehead atoms. The van der Waals surface area contributed by atoms with Crippen LogP contribution in [-0.4, -0.2) is 24.0 Å². The molecule has 2 aliphatic rings. The molecule has 1 aliphatic carbocycles. The van der Waals surface area contributed by atoms with Gasteiger partial charge < -0.3 is 14.7 Å². The van der Waals surface area contributed by atoms with Crippen molar-refractivity contribution < 1.29 is 9.32 Å². The number of carbonyl (C=O) groups excluding carboxylic acids is 1. The van der Waals surface area contributed by atoms with Gasteiger partial charge in [0.1, 0.15) is 5.52 Å². The van der Waals surface area contributed by atoms with E-state index in [2.05, 4.69) is 61.3 Å². The van der Waals surface area contributed by atoms with E-state index in [9.17, 15) is 4.79 Å². The lowest BCUT2D eigenvalue weighted by molar-refractivity contribution is 0.104. The molecular formula is C29H29N3O2. The molecule has 1 N–H and O–H groups in total. The molecule has 0 amide bonds. The van der Waals surface area contributed by atoms with Crippen LogP contribution in [-0.2, 0) is 0 Å². The standard InChI is InChI=1S/C29H29N3O2/c1-16-8-7-11-32(15-16)23-14-22(30-26-18(3)12-17(2)13-19(26)4)24-25-27(23)31-34-29(25)21-10-6-5-9-20(21)28(24)33/h5-6,9-10,12-14,16,30H,7-8,11,15H2,1-4H3. The van der Waals surface area contributed by atoms with Crippen LogP contribution in [0.3, 0.4) is 0 Å². The minimum absolute atomic E-state index is 0.0137. The first-order valence-corrected chi connectivity index (χ1v) is 12.1. The third kappa shape index (κ3) is 3.14. The molecule has 2 heterocycles. The van der Waals surface area contributed by atoms with Gasteiger partial charge in [-0.25, -0.2) is 0 Å². The van der Waals surface area contributed by atoms with Crippen LogP contribution < -0.4 is 10.2 Å². The number of aromatic nitrogens is 1. The average Bonchev–Trinajstić information content (AvgIpc) is 3.25. The molecule has 1 atom stereocenters. The van der Waals surface area contributed by atoms with Crippen LogP contribution in [0.4, 0.5) is 17.1 Å². The van der Waals surface area contributed by atoms with Crippen molar-refractivity contribution in [2.45, 2.75) is 40.5 Å². The molecular weight excluding hydrogens is 422 g/mol. The van der Waals surface area contributed by atoms with Gasteiger partial charge in [-0.1, -0.05) is 54.0 Å². The molecule has 1 fully saturated rings. The van der Waals surface area contributed by atoms with Gasteiger partial charge in [0, 0.05) is 29.9 Å². The SMILES string of the molecule is Cc1cc(C)c(Nc2cc(N3CCCC(C)C3)c3noc4c3c2C(=O)c2ccccc2-4)c(C)c1. The highest BCUT2D eigenvalue weighted by Gasteiger charge is 2.34. The molecule has 5 heteroatoms. The lowest BCUT2D eigenvalue weighted by atomic mass is 9.86. The number of rotatable bonds is 3. The fourth-order valence-corrected chi connectivity index (χ4v) is 5.80. The van der Waals surface area contributed by atoms with E-state index >= 15 is 0 Å². The summed E-state index contributed by atoms with van der Waals surface area (Å²) in [5, 5.41) is 9.01. The van der Waals surface area contributed by atoms with Gasteiger partial charge in [-0.2, -0.15) is 0 Å². The Bertz CT molecular complexity index is 1440. The number of hydrogen-bond donors (Lipinski definition) is 1. The van der Waals surface area contributed by atoms with Gasteiger partial charge in [-0.15, -0.1) is 0 Å². The van der Waals surface area contributed by atoms with Crippen molar-refractivity contribution in [1.29, 1.82) is 0 Å². The van der Waals surface area contributed by atoms with E-state index in [1.54, 1.807) is 0 Å². The Labute approximate surface area is 199 Å². The quantitative estimate of drug-likeness (QED) is 0.322. The second kappa shape index (κ2) is 7.73. The Morgan fingerprint density at radius 1 is 1.06 bits per heavy atom. The first kappa shape index (κ1) is 21.0. The van der Waals surface area contributed by atoms with Gasteiger partial charge >= 0.3 is 0 Å². The molecule has 4 aromatic rings. The van der Waals surface area contributed by atoms with Crippen molar-refractivity contribution in [3.05, 3.63) is 70.3 Å². The maximum Gasteiger partial charge on any atom is 0.196 e. The topological polar surface area (TPSA) is 58.4 Å². The molecule has 1 unspecified atom stereocenters. The van der Waals surface area contributed by atoms with Crippen LogP contribution in [0.15, 0.2) is 47.0 Å². The van der Waals surface area contributed by atoms with Gasteiger partial charge in [-0.05, 0) is 56.7 Å². The Morgan fingerprint density at radius 3 is 2.53 bits per heavy atom. The molecule has 3 aromatic carbocycles. The van der Waals surface area contributed by atoms with E-state index in [4.69, 9.17) is 4.52 Å². The fourth-order valence-electron chi connectivity index (χ4n) is 5.80. The van der Waals surface area contributed by atoms with Crippen molar-refractivity contribution in [3.63, 3.8) is 0 Å². The number of aryl methyl sites for hydroxylation is 3. The summed E-state index contributed by atoms with van der Waals surface area (Å²) >= 11 is 0. The summed E-state index contributed by atoms with van der Waals surface area (Å²) in [6.07, 6.45) is 2.39. The number of hydrogen-bond acceptors (Lipinski definition) is 5. The summed E-state index contributed by atoms with van der Waals surface area (Å²) in [4.78, 5) is 16.3. The maximum absolute atomic E-state index is 13.8. The van der Waals surface area contributed by atoms with E-state index in [0.29, 0.717) is 22.8 Å². The summed E-state index contributed by atoms with van der Waals surface area (Å²) in [6.45, 7) is 10.6. The van der Waals surface area contributed by atoms with Crippen molar-refractivity contribution in [2.75, 3.05) is 23.3 Å². The number of carbonyl (C=O) groups is 1. The van der Waals surface area contributed by atoms with Gasteiger partial charge in [0.2, 0.25) is 0 Å². The molecule has 0 spiro atoms. The lowest BCUT2D eigenvalue weighted by Gasteiger charge is -2.33. The maximum atomic E-state index is 13.8. The van der Waals surface area contributed by atoms with Crippen LogP contribution in [0.2, 0.25) is 0 Å². The molecule has 6 rings (SSSR count). The first-order valence-electron chi connectivity index (χ1n) is 12.1. The zero-order chi connectivity index (χ0) is 23.6. The molecule has 0 radical (unpaired) electrons. The summed E-state index contributed by atoms with van der Waals surface area (Å²) in [6, 6.07) is 14.1. The zero-order valence-corrected chi connectivity index (χ0v) is 20.2. The van der Waals surface area contributed by atoms with Crippen molar-refractivity contribution in [1.82, 2.24) is 5.16 Å². The van der Waals surface area contributed by atoms with E-state index in [0.717, 1.165) is 64.2 Å². The highest BCUT2D eigenvalue weighted by atomic mass is 16.5. The minimum atomic E-state index is 0.0137. The molecule has 5 nitrogen and oxygen atoms in total. The molecule has 0 saturated carbocycles. The van der Waals surface area contributed by atoms with Crippen molar-refractivity contribution >= 4 is 33.7 Å². The Kier molecular flexibility index (Phi) is 4.76.